The molecule has 0 spiro atoms. The fourth-order valence-corrected chi connectivity index (χ4v) is 3.01. The summed E-state index contributed by atoms with van der Waals surface area (Å²) in [5.41, 5.74) is 1.13. The number of carboxylic acids is 1. The minimum atomic E-state index is -1.08. The third-order valence-electron chi connectivity index (χ3n) is 4.22. The number of fused-ring (bicyclic) bond motifs is 1. The Morgan fingerprint density at radius 1 is 1.40 bits per heavy atom. The zero-order valence-electron chi connectivity index (χ0n) is 13.1. The number of anilines is 2. The number of nitrogens with zero attached hydrogens (tertiary/aromatic N) is 3. The molecular formula is C17H15FN4O3. The van der Waals surface area contributed by atoms with Crippen LogP contribution in [-0.4, -0.2) is 39.1 Å². The van der Waals surface area contributed by atoms with Gasteiger partial charge in [0.2, 0.25) is 0 Å². The molecule has 1 saturated heterocycles. The highest BCUT2D eigenvalue weighted by molar-refractivity contribution is 5.97. The van der Waals surface area contributed by atoms with Crippen molar-refractivity contribution in [1.29, 1.82) is 0 Å². The summed E-state index contributed by atoms with van der Waals surface area (Å²) >= 11 is 0. The molecule has 0 unspecified atom stereocenters. The molecule has 4 rings (SSSR count). The lowest BCUT2D eigenvalue weighted by molar-refractivity contribution is 0.0698. The fourth-order valence-electron chi connectivity index (χ4n) is 3.01. The number of pyridine rings is 1. The average Bonchev–Trinajstić information content (AvgIpc) is 3.23. The number of hydrogen-bond donors (Lipinski definition) is 2. The molecule has 1 aliphatic rings. The molecule has 1 atom stereocenters. The largest absolute Gasteiger partial charge is 0.478 e. The zero-order valence-corrected chi connectivity index (χ0v) is 13.1. The summed E-state index contributed by atoms with van der Waals surface area (Å²) in [6, 6.07) is 5.90. The highest BCUT2D eigenvalue weighted by Crippen LogP contribution is 2.31. The van der Waals surface area contributed by atoms with Crippen LogP contribution in [0.3, 0.4) is 0 Å². The van der Waals surface area contributed by atoms with Gasteiger partial charge < -0.3 is 15.2 Å². The van der Waals surface area contributed by atoms with Gasteiger partial charge in [0.1, 0.15) is 5.82 Å². The Balaban J connectivity index is 1.82. The monoisotopic (exact) mass is 342 g/mol. The Morgan fingerprint density at radius 3 is 3.04 bits per heavy atom. The summed E-state index contributed by atoms with van der Waals surface area (Å²) in [6.45, 7) is 1.20. The van der Waals surface area contributed by atoms with Crippen molar-refractivity contribution >= 4 is 28.4 Å². The quantitative estimate of drug-likeness (QED) is 0.758. The van der Waals surface area contributed by atoms with Crippen LogP contribution in [0.25, 0.3) is 10.9 Å². The summed E-state index contributed by atoms with van der Waals surface area (Å²) in [4.78, 5) is 15.3. The predicted octanol–water partition coefficient (Wildman–Crippen LogP) is 2.97. The number of halogens is 1. The first kappa shape index (κ1) is 15.5. The van der Waals surface area contributed by atoms with Crippen LogP contribution in [0.5, 0.6) is 0 Å². The third-order valence-corrected chi connectivity index (χ3v) is 4.22. The Kier molecular flexibility index (Phi) is 3.81. The maximum absolute atomic E-state index is 13.8. The summed E-state index contributed by atoms with van der Waals surface area (Å²) in [6.07, 6.45) is 3.63. The van der Waals surface area contributed by atoms with E-state index in [9.17, 15) is 14.3 Å². The van der Waals surface area contributed by atoms with E-state index < -0.39 is 5.97 Å². The van der Waals surface area contributed by atoms with Crippen LogP contribution in [0, 0.1) is 5.82 Å². The maximum atomic E-state index is 13.8. The van der Waals surface area contributed by atoms with Crippen LogP contribution in [-0.2, 0) is 4.74 Å². The number of aromatic carboxylic acids is 1. The molecule has 25 heavy (non-hydrogen) atoms. The van der Waals surface area contributed by atoms with Gasteiger partial charge in [0.15, 0.2) is 5.82 Å². The molecule has 1 aromatic carbocycles. The van der Waals surface area contributed by atoms with Crippen molar-refractivity contribution in [2.24, 2.45) is 0 Å². The van der Waals surface area contributed by atoms with Gasteiger partial charge in [-0.1, -0.05) is 0 Å². The number of ether oxygens (including phenoxy) is 1. The Morgan fingerprint density at radius 2 is 2.28 bits per heavy atom. The molecule has 1 fully saturated rings. The van der Waals surface area contributed by atoms with E-state index in [0.717, 1.165) is 11.9 Å². The molecule has 7 nitrogen and oxygen atoms in total. The Bertz CT molecular complexity index is 950. The van der Waals surface area contributed by atoms with E-state index in [-0.39, 0.29) is 17.4 Å². The van der Waals surface area contributed by atoms with Crippen molar-refractivity contribution in [1.82, 2.24) is 14.8 Å². The van der Waals surface area contributed by atoms with Crippen LogP contribution in [0.2, 0.25) is 0 Å². The number of nitrogens with one attached hydrogen (secondary N) is 1. The number of aromatic nitrogens is 3. The topological polar surface area (TPSA) is 89.3 Å². The van der Waals surface area contributed by atoms with Gasteiger partial charge in [-0.05, 0) is 30.7 Å². The lowest BCUT2D eigenvalue weighted by Crippen LogP contribution is -2.10. The molecule has 3 heterocycles. The Hall–Kier alpha value is -3.00. The normalized spacial score (nSPS) is 17.1. The molecule has 0 amide bonds. The van der Waals surface area contributed by atoms with E-state index in [1.54, 1.807) is 10.7 Å². The second kappa shape index (κ2) is 6.14. The molecule has 128 valence electrons. The van der Waals surface area contributed by atoms with Crippen LogP contribution in [0.1, 0.15) is 22.8 Å². The minimum absolute atomic E-state index is 0.0661. The molecule has 2 N–H and O–H groups in total. The lowest BCUT2D eigenvalue weighted by Gasteiger charge is -2.09. The van der Waals surface area contributed by atoms with Gasteiger partial charge in [-0.3, -0.25) is 9.67 Å². The molecule has 0 radical (unpaired) electrons. The van der Waals surface area contributed by atoms with E-state index in [1.165, 1.54) is 30.6 Å². The molecule has 0 bridgehead atoms. The average molecular weight is 342 g/mol. The van der Waals surface area contributed by atoms with Crippen molar-refractivity contribution in [3.05, 3.63) is 48.0 Å². The van der Waals surface area contributed by atoms with Gasteiger partial charge in [0, 0.05) is 18.2 Å². The van der Waals surface area contributed by atoms with E-state index >= 15 is 0 Å². The SMILES string of the molecule is O=C(O)c1ccncc1Nc1nn([C@@H]2CCOC2)c2ccc(F)cc12. The highest BCUT2D eigenvalue weighted by Gasteiger charge is 2.23. The summed E-state index contributed by atoms with van der Waals surface area (Å²) in [7, 11) is 0. The first-order valence-corrected chi connectivity index (χ1v) is 7.83. The molecule has 8 heteroatoms. The van der Waals surface area contributed by atoms with Crippen molar-refractivity contribution in [3.8, 4) is 0 Å². The third kappa shape index (κ3) is 2.80. The molecule has 2 aromatic heterocycles. The van der Waals surface area contributed by atoms with Crippen molar-refractivity contribution < 1.29 is 19.0 Å². The zero-order chi connectivity index (χ0) is 17.4. The predicted molar refractivity (Wildman–Crippen MR) is 88.6 cm³/mol. The van der Waals surface area contributed by atoms with Gasteiger partial charge in [0.05, 0.1) is 35.6 Å². The molecular weight excluding hydrogens is 327 g/mol. The van der Waals surface area contributed by atoms with Crippen LogP contribution >= 0.6 is 0 Å². The minimum Gasteiger partial charge on any atom is -0.478 e. The lowest BCUT2D eigenvalue weighted by atomic mass is 10.2. The Labute approximate surface area is 142 Å². The smallest absolute Gasteiger partial charge is 0.337 e. The molecule has 0 aliphatic carbocycles. The van der Waals surface area contributed by atoms with Crippen LogP contribution in [0.15, 0.2) is 36.7 Å². The highest BCUT2D eigenvalue weighted by atomic mass is 19.1. The number of benzene rings is 1. The molecule has 1 aliphatic heterocycles. The van der Waals surface area contributed by atoms with Gasteiger partial charge in [-0.15, -0.1) is 0 Å². The fraction of sp³-hybridized carbons (Fsp3) is 0.235. The van der Waals surface area contributed by atoms with Gasteiger partial charge >= 0.3 is 5.97 Å². The van der Waals surface area contributed by atoms with Crippen LogP contribution < -0.4 is 5.32 Å². The molecule has 3 aromatic rings. The van der Waals surface area contributed by atoms with E-state index in [4.69, 9.17) is 4.74 Å². The van der Waals surface area contributed by atoms with Crippen molar-refractivity contribution in [2.75, 3.05) is 18.5 Å². The summed E-state index contributed by atoms with van der Waals surface area (Å²) in [5.74, 6) is -1.08. The first-order valence-electron chi connectivity index (χ1n) is 7.83. The summed E-state index contributed by atoms with van der Waals surface area (Å²) < 4.78 is 21.0. The first-order chi connectivity index (χ1) is 12.1. The van der Waals surface area contributed by atoms with Gasteiger partial charge in [0.25, 0.3) is 0 Å². The van der Waals surface area contributed by atoms with Crippen LogP contribution in [0.4, 0.5) is 15.9 Å². The number of carbonyl (C=O) groups is 1. The van der Waals surface area contributed by atoms with E-state index in [1.807, 2.05) is 0 Å². The van der Waals surface area contributed by atoms with Gasteiger partial charge in [-0.2, -0.15) is 5.10 Å². The maximum Gasteiger partial charge on any atom is 0.337 e. The van der Waals surface area contributed by atoms with Crippen molar-refractivity contribution in [3.63, 3.8) is 0 Å². The van der Waals surface area contributed by atoms with Gasteiger partial charge in [-0.25, -0.2) is 9.18 Å². The number of hydrogen-bond acceptors (Lipinski definition) is 5. The standard InChI is InChI=1S/C17H15FN4O3/c18-10-1-2-15-13(7-10)16(21-22(15)11-4-6-25-9-11)20-14-8-19-5-3-12(14)17(23)24/h1-3,5,7-8,11H,4,6,9H2,(H,20,21)(H,23,24)/t11-/m1/s1. The van der Waals surface area contributed by atoms with E-state index in [2.05, 4.69) is 15.4 Å². The second-order valence-electron chi connectivity index (χ2n) is 5.82. The van der Waals surface area contributed by atoms with Crippen molar-refractivity contribution in [2.45, 2.75) is 12.5 Å². The second-order valence-corrected chi connectivity index (χ2v) is 5.82. The summed E-state index contributed by atoms with van der Waals surface area (Å²) in [5, 5.41) is 17.4. The van der Waals surface area contributed by atoms with E-state index in [0.29, 0.717) is 30.1 Å². The number of carboxylic acid groups (broad SMARTS) is 1. The number of rotatable bonds is 4. The molecule has 0 saturated carbocycles.